The van der Waals surface area contributed by atoms with E-state index in [2.05, 4.69) is 64.5 Å². The number of anilines is 2. The normalized spacial score (nSPS) is 22.1. The van der Waals surface area contributed by atoms with Crippen LogP contribution < -0.4 is 25.6 Å². The molecule has 1 aliphatic carbocycles. The van der Waals surface area contributed by atoms with Crippen LogP contribution in [0.5, 0.6) is 5.75 Å². The minimum Gasteiger partial charge on any atom is -0.489 e. The summed E-state index contributed by atoms with van der Waals surface area (Å²) in [5, 5.41) is 18.0. The van der Waals surface area contributed by atoms with Crippen molar-refractivity contribution in [3.63, 3.8) is 0 Å². The quantitative estimate of drug-likeness (QED) is 0.137. The van der Waals surface area contributed by atoms with E-state index in [1.54, 1.807) is 24.4 Å². The van der Waals surface area contributed by atoms with Gasteiger partial charge in [-0.25, -0.2) is 9.37 Å². The van der Waals surface area contributed by atoms with E-state index in [0.717, 1.165) is 75.2 Å². The Morgan fingerprint density at radius 1 is 0.967 bits per heavy atom. The van der Waals surface area contributed by atoms with Crippen molar-refractivity contribution in [3.05, 3.63) is 81.8 Å². The average Bonchev–Trinajstić information content (AvgIpc) is 3.45. The zero-order valence-electron chi connectivity index (χ0n) is 34.3. The Labute approximate surface area is 353 Å². The molecule has 5 amide bonds. The number of imide groups is 2. The number of piperazine rings is 1. The molecule has 1 aromatic heterocycles. The number of hydrogen-bond acceptors (Lipinski definition) is 11. The Bertz CT molecular complexity index is 2220. The topological polar surface area (TPSA) is 177 Å². The van der Waals surface area contributed by atoms with Gasteiger partial charge in [0.1, 0.15) is 35.6 Å². The van der Waals surface area contributed by atoms with Gasteiger partial charge in [0, 0.05) is 68.3 Å². The molecule has 7 rings (SSSR count). The summed E-state index contributed by atoms with van der Waals surface area (Å²) >= 11 is 6.23. The van der Waals surface area contributed by atoms with E-state index in [1.165, 1.54) is 6.07 Å². The molecule has 16 heteroatoms. The second kappa shape index (κ2) is 17.2. The van der Waals surface area contributed by atoms with Crippen LogP contribution in [0.15, 0.2) is 48.7 Å². The van der Waals surface area contributed by atoms with Crippen molar-refractivity contribution in [1.82, 2.24) is 25.4 Å². The van der Waals surface area contributed by atoms with Gasteiger partial charge in [-0.1, -0.05) is 52.1 Å². The Morgan fingerprint density at radius 2 is 1.67 bits per heavy atom. The van der Waals surface area contributed by atoms with Gasteiger partial charge in [0.25, 0.3) is 17.7 Å². The van der Waals surface area contributed by atoms with Crippen LogP contribution in [0.3, 0.4) is 0 Å². The maximum atomic E-state index is 14.9. The van der Waals surface area contributed by atoms with Crippen LogP contribution in [0.2, 0.25) is 5.02 Å². The molecule has 2 saturated heterocycles. The van der Waals surface area contributed by atoms with E-state index in [-0.39, 0.29) is 58.5 Å². The highest BCUT2D eigenvalue weighted by atomic mass is 35.5. The molecule has 2 aromatic carbocycles. The zero-order chi connectivity index (χ0) is 42.9. The standard InChI is InChI=1S/C44H50ClFN8O6/c1-43(2)41(44(3,4)42(43)60-28-11-9-26(24-47)31(45)21-28)51-37(56)27-10-13-35(49-25-27)53-19-17-52(18-20-53)16-8-6-5-7-15-48-33-23-30-29(22-32(33)46)39(58)54(40(30)59)34-12-14-36(55)50-38(34)57/h9-11,13,21-23,25,34,41-42,48H,5-8,12,14-20H2,1-4H3,(H,51,56)(H,50,55,57)/t34?,41-,42-. The molecular weight excluding hydrogens is 791 g/mol. The van der Waals surface area contributed by atoms with E-state index in [1.807, 2.05) is 12.1 Å². The van der Waals surface area contributed by atoms with Gasteiger partial charge in [0.05, 0.1) is 33.0 Å². The summed E-state index contributed by atoms with van der Waals surface area (Å²) in [4.78, 5) is 73.4. The van der Waals surface area contributed by atoms with Crippen LogP contribution in [0.25, 0.3) is 0 Å². The number of nitriles is 1. The van der Waals surface area contributed by atoms with Gasteiger partial charge in [-0.2, -0.15) is 5.26 Å². The number of nitrogens with zero attached hydrogens (tertiary/aromatic N) is 5. The van der Waals surface area contributed by atoms with Gasteiger partial charge in [0.2, 0.25) is 11.8 Å². The number of aromatic nitrogens is 1. The second-order valence-electron chi connectivity index (χ2n) is 17.2. The summed E-state index contributed by atoms with van der Waals surface area (Å²) in [5.74, 6) is -2.00. The number of ether oxygens (including phenoxy) is 1. The smallest absolute Gasteiger partial charge is 0.262 e. The first kappa shape index (κ1) is 42.5. The summed E-state index contributed by atoms with van der Waals surface area (Å²) in [6, 6.07) is 11.9. The lowest BCUT2D eigenvalue weighted by molar-refractivity contribution is -0.164. The third kappa shape index (κ3) is 8.40. The molecular formula is C44H50ClFN8O6. The van der Waals surface area contributed by atoms with Gasteiger partial charge in [-0.05, 0) is 62.2 Å². The molecule has 0 bridgehead atoms. The Balaban J connectivity index is 0.799. The van der Waals surface area contributed by atoms with Gasteiger partial charge in [-0.3, -0.25) is 39.1 Å². The number of carbonyl (C=O) groups is 5. The van der Waals surface area contributed by atoms with Crippen LogP contribution in [-0.4, -0.2) is 102 Å². The largest absolute Gasteiger partial charge is 0.489 e. The van der Waals surface area contributed by atoms with Crippen molar-refractivity contribution < 1.29 is 33.1 Å². The maximum Gasteiger partial charge on any atom is 0.262 e. The number of hydrogen-bond donors (Lipinski definition) is 3. The Morgan fingerprint density at radius 3 is 2.32 bits per heavy atom. The molecule has 4 heterocycles. The highest BCUT2D eigenvalue weighted by Crippen LogP contribution is 2.55. The van der Waals surface area contributed by atoms with E-state index in [9.17, 15) is 33.6 Å². The summed E-state index contributed by atoms with van der Waals surface area (Å²) in [6.45, 7) is 13.2. The fourth-order valence-corrected chi connectivity index (χ4v) is 9.59. The monoisotopic (exact) mass is 840 g/mol. The highest BCUT2D eigenvalue weighted by Gasteiger charge is 2.64. The summed E-state index contributed by atoms with van der Waals surface area (Å²) in [7, 11) is 0. The van der Waals surface area contributed by atoms with Crippen molar-refractivity contribution >= 4 is 52.6 Å². The molecule has 4 aliphatic rings. The third-order valence-corrected chi connectivity index (χ3v) is 12.7. The summed E-state index contributed by atoms with van der Waals surface area (Å²) < 4.78 is 21.3. The molecule has 60 heavy (non-hydrogen) atoms. The molecule has 3 aromatic rings. The van der Waals surface area contributed by atoms with Gasteiger partial charge in [0.15, 0.2) is 0 Å². The molecule has 1 unspecified atom stereocenters. The number of fused-ring (bicyclic) bond motifs is 1. The minimum absolute atomic E-state index is 0.0125. The summed E-state index contributed by atoms with van der Waals surface area (Å²) in [5.41, 5.74) is 0.196. The Kier molecular flexibility index (Phi) is 12.2. The first-order valence-electron chi connectivity index (χ1n) is 20.5. The minimum atomic E-state index is -1.10. The number of halogens is 2. The van der Waals surface area contributed by atoms with Gasteiger partial charge < -0.3 is 20.3 Å². The number of amides is 5. The average molecular weight is 841 g/mol. The molecule has 3 fully saturated rings. The fraction of sp³-hybridized carbons (Fsp3) is 0.477. The van der Waals surface area contributed by atoms with Crippen LogP contribution in [-0.2, 0) is 9.59 Å². The van der Waals surface area contributed by atoms with Crippen molar-refractivity contribution in [2.75, 3.05) is 49.5 Å². The summed E-state index contributed by atoms with van der Waals surface area (Å²) in [6.07, 6.45) is 5.23. The maximum absolute atomic E-state index is 14.9. The molecule has 316 valence electrons. The Hall–Kier alpha value is -5.59. The molecule has 0 spiro atoms. The molecule has 1 saturated carbocycles. The predicted octanol–water partition coefficient (Wildman–Crippen LogP) is 5.55. The molecule has 1 atom stereocenters. The van der Waals surface area contributed by atoms with Gasteiger partial charge in [-0.15, -0.1) is 0 Å². The number of benzene rings is 2. The lowest BCUT2D eigenvalue weighted by atomic mass is 9.49. The van der Waals surface area contributed by atoms with E-state index < -0.39 is 35.5 Å². The van der Waals surface area contributed by atoms with Crippen molar-refractivity contribution in [2.45, 2.75) is 84.4 Å². The van der Waals surface area contributed by atoms with E-state index in [0.29, 0.717) is 28.4 Å². The second-order valence-corrected chi connectivity index (χ2v) is 17.6. The lowest BCUT2D eigenvalue weighted by Crippen LogP contribution is -2.74. The van der Waals surface area contributed by atoms with E-state index in [4.69, 9.17) is 16.3 Å². The number of unbranched alkanes of at least 4 members (excludes halogenated alkanes) is 3. The van der Waals surface area contributed by atoms with Crippen LogP contribution in [0, 0.1) is 28.0 Å². The molecule has 3 N–H and O–H groups in total. The SMILES string of the molecule is CC1(C)[C@H](NC(=O)c2ccc(N3CCN(CCCCCCNc4cc5c(cc4F)C(=O)N(C4CCC(=O)NC4=O)C5=O)CC3)nc2)C(C)(C)[C@H]1Oc1ccc(C#N)c(Cl)c1. The van der Waals surface area contributed by atoms with Crippen molar-refractivity contribution in [2.24, 2.45) is 10.8 Å². The highest BCUT2D eigenvalue weighted by molar-refractivity contribution is 6.31. The number of rotatable bonds is 14. The van der Waals surface area contributed by atoms with Crippen molar-refractivity contribution in [1.29, 1.82) is 5.26 Å². The predicted molar refractivity (Wildman–Crippen MR) is 222 cm³/mol. The fourth-order valence-electron chi connectivity index (χ4n) is 9.38. The molecule has 3 aliphatic heterocycles. The van der Waals surface area contributed by atoms with Crippen LogP contribution >= 0.6 is 11.6 Å². The molecule has 14 nitrogen and oxygen atoms in total. The number of pyridine rings is 1. The number of piperidine rings is 1. The number of nitrogens with one attached hydrogen (secondary N) is 3. The first-order chi connectivity index (χ1) is 28.6. The van der Waals surface area contributed by atoms with Crippen molar-refractivity contribution in [3.8, 4) is 11.8 Å². The van der Waals surface area contributed by atoms with Gasteiger partial charge >= 0.3 is 0 Å². The molecule has 0 radical (unpaired) electrons. The third-order valence-electron chi connectivity index (χ3n) is 12.4. The van der Waals surface area contributed by atoms with Crippen LogP contribution in [0.4, 0.5) is 15.9 Å². The zero-order valence-corrected chi connectivity index (χ0v) is 35.0. The number of carbonyl (C=O) groups excluding carboxylic acids is 5. The first-order valence-corrected chi connectivity index (χ1v) is 20.9. The lowest BCUT2D eigenvalue weighted by Gasteiger charge is -2.63. The van der Waals surface area contributed by atoms with E-state index >= 15 is 0 Å². The van der Waals surface area contributed by atoms with Crippen LogP contribution in [0.1, 0.15) is 103 Å².